The van der Waals surface area contributed by atoms with Crippen molar-refractivity contribution >= 4 is 44.8 Å². The summed E-state index contributed by atoms with van der Waals surface area (Å²) in [6, 6.07) is 4.12. The normalized spacial score (nSPS) is 11.4. The Morgan fingerprint density at radius 1 is 1.14 bits per heavy atom. The molecular weight excluding hydrogens is 359 g/mol. The van der Waals surface area contributed by atoms with E-state index in [1.54, 1.807) is 12.3 Å². The van der Waals surface area contributed by atoms with Crippen LogP contribution in [0.15, 0.2) is 35.5 Å². The first-order chi connectivity index (χ1) is 9.79. The number of benzene rings is 1. The van der Waals surface area contributed by atoms with Crippen LogP contribution in [0.5, 0.6) is 5.75 Å². The fourth-order valence-corrected chi connectivity index (χ4v) is 3.06. The molecule has 2 aromatic rings. The number of primary sulfonamides is 1. The van der Waals surface area contributed by atoms with Gasteiger partial charge in [-0.1, -0.05) is 34.8 Å². The fraction of sp³-hybridized carbons (Fsp3) is 0.0833. The summed E-state index contributed by atoms with van der Waals surface area (Å²) in [5, 5.41) is 5.48. The second kappa shape index (κ2) is 6.37. The highest BCUT2D eigenvalue weighted by Gasteiger charge is 2.17. The Hall–Kier alpha value is -1.05. The van der Waals surface area contributed by atoms with E-state index in [9.17, 15) is 8.42 Å². The van der Waals surface area contributed by atoms with E-state index < -0.39 is 10.0 Å². The smallest absolute Gasteiger partial charge is 0.239 e. The van der Waals surface area contributed by atoms with Gasteiger partial charge in [-0.15, -0.1) is 0 Å². The molecular formula is C12H9Cl3N2O3S. The first-order valence-corrected chi connectivity index (χ1v) is 8.20. The summed E-state index contributed by atoms with van der Waals surface area (Å²) in [4.78, 5) is 3.59. The monoisotopic (exact) mass is 366 g/mol. The van der Waals surface area contributed by atoms with Crippen LogP contribution in [0.3, 0.4) is 0 Å². The minimum absolute atomic E-state index is 0.0716. The average molecular weight is 368 g/mol. The number of hydrogen-bond acceptors (Lipinski definition) is 4. The molecule has 5 nitrogen and oxygen atoms in total. The van der Waals surface area contributed by atoms with Crippen molar-refractivity contribution in [3.63, 3.8) is 0 Å². The summed E-state index contributed by atoms with van der Waals surface area (Å²) in [6.45, 7) is 0.131. The molecule has 9 heteroatoms. The lowest BCUT2D eigenvalue weighted by Gasteiger charge is -2.11. The second-order valence-corrected chi connectivity index (χ2v) is 6.77. The number of hydrogen-bond donors (Lipinski definition) is 1. The lowest BCUT2D eigenvalue weighted by Crippen LogP contribution is -2.13. The highest BCUT2D eigenvalue weighted by atomic mass is 35.5. The first-order valence-electron chi connectivity index (χ1n) is 5.52. The van der Waals surface area contributed by atoms with E-state index in [4.69, 9.17) is 44.7 Å². The van der Waals surface area contributed by atoms with Crippen molar-refractivity contribution in [2.24, 2.45) is 5.14 Å². The van der Waals surface area contributed by atoms with Crippen LogP contribution in [-0.2, 0) is 16.6 Å². The van der Waals surface area contributed by atoms with Gasteiger partial charge in [-0.3, -0.25) is 4.98 Å². The van der Waals surface area contributed by atoms with E-state index in [-0.39, 0.29) is 27.3 Å². The molecule has 1 aromatic carbocycles. The predicted molar refractivity (Wildman–Crippen MR) is 81.4 cm³/mol. The maximum atomic E-state index is 11.3. The van der Waals surface area contributed by atoms with E-state index in [0.29, 0.717) is 10.6 Å². The van der Waals surface area contributed by atoms with E-state index in [2.05, 4.69) is 4.98 Å². The molecule has 0 amide bonds. The van der Waals surface area contributed by atoms with E-state index in [0.717, 1.165) is 6.07 Å². The molecule has 0 saturated heterocycles. The van der Waals surface area contributed by atoms with Gasteiger partial charge in [-0.25, -0.2) is 13.6 Å². The molecule has 0 aliphatic carbocycles. The molecule has 2 N–H and O–H groups in total. The SMILES string of the molecule is NS(=O)(=O)c1cc(Cl)c(OCc2ccncc2Cl)cc1Cl. The zero-order valence-corrected chi connectivity index (χ0v) is 13.5. The summed E-state index contributed by atoms with van der Waals surface area (Å²) in [5.41, 5.74) is 0.703. The minimum atomic E-state index is -3.95. The number of ether oxygens (including phenoxy) is 1. The summed E-state index contributed by atoms with van der Waals surface area (Å²) in [7, 11) is -3.95. The maximum Gasteiger partial charge on any atom is 0.239 e. The van der Waals surface area contributed by atoms with Gasteiger partial charge in [0.1, 0.15) is 17.3 Å². The van der Waals surface area contributed by atoms with Crippen LogP contribution in [0.4, 0.5) is 0 Å². The van der Waals surface area contributed by atoms with Crippen LogP contribution in [0.2, 0.25) is 15.1 Å². The van der Waals surface area contributed by atoms with E-state index in [1.165, 1.54) is 12.3 Å². The highest BCUT2D eigenvalue weighted by Crippen LogP contribution is 2.33. The van der Waals surface area contributed by atoms with Crippen LogP contribution in [0.1, 0.15) is 5.56 Å². The van der Waals surface area contributed by atoms with Crippen LogP contribution in [0.25, 0.3) is 0 Å². The molecule has 0 fully saturated rings. The molecule has 0 atom stereocenters. The minimum Gasteiger partial charge on any atom is -0.487 e. The quantitative estimate of drug-likeness (QED) is 0.899. The van der Waals surface area contributed by atoms with Crippen molar-refractivity contribution in [1.82, 2.24) is 4.98 Å². The van der Waals surface area contributed by atoms with Crippen LogP contribution in [0, 0.1) is 0 Å². The molecule has 0 spiro atoms. The third-order valence-corrected chi connectivity index (χ3v) is 4.54. The number of aromatic nitrogens is 1. The molecule has 112 valence electrons. The number of nitrogens with zero attached hydrogens (tertiary/aromatic N) is 1. The third kappa shape index (κ3) is 3.99. The molecule has 2 rings (SSSR count). The van der Waals surface area contributed by atoms with Gasteiger partial charge >= 0.3 is 0 Å². The van der Waals surface area contributed by atoms with E-state index >= 15 is 0 Å². The Kier molecular flexibility index (Phi) is 4.95. The Bertz CT molecular complexity index is 781. The zero-order chi connectivity index (χ0) is 15.6. The van der Waals surface area contributed by atoms with Crippen LogP contribution >= 0.6 is 34.8 Å². The summed E-state index contributed by atoms with van der Waals surface area (Å²) in [5.74, 6) is 0.224. The van der Waals surface area contributed by atoms with Crippen molar-refractivity contribution in [2.75, 3.05) is 0 Å². The topological polar surface area (TPSA) is 82.3 Å². The summed E-state index contributed by atoms with van der Waals surface area (Å²) >= 11 is 17.8. The third-order valence-electron chi connectivity index (χ3n) is 2.53. The van der Waals surface area contributed by atoms with Gasteiger partial charge in [0.2, 0.25) is 10.0 Å². The van der Waals surface area contributed by atoms with Gasteiger partial charge in [0.15, 0.2) is 0 Å². The van der Waals surface area contributed by atoms with Gasteiger partial charge in [-0.2, -0.15) is 0 Å². The first kappa shape index (κ1) is 16.3. The molecule has 0 saturated carbocycles. The Labute approximate surface area is 136 Å². The molecule has 0 aliphatic heterocycles. The Balaban J connectivity index is 2.26. The van der Waals surface area contributed by atoms with Crippen molar-refractivity contribution in [3.8, 4) is 5.75 Å². The van der Waals surface area contributed by atoms with Crippen LogP contribution < -0.4 is 9.88 Å². The fourth-order valence-electron chi connectivity index (χ4n) is 1.52. The molecule has 0 unspecified atom stereocenters. The highest BCUT2D eigenvalue weighted by molar-refractivity contribution is 7.89. The molecule has 0 radical (unpaired) electrons. The van der Waals surface area contributed by atoms with Gasteiger partial charge < -0.3 is 4.74 Å². The molecule has 0 bridgehead atoms. The lowest BCUT2D eigenvalue weighted by atomic mass is 10.3. The second-order valence-electron chi connectivity index (χ2n) is 4.01. The number of rotatable bonds is 4. The average Bonchev–Trinajstić information content (AvgIpc) is 2.39. The largest absolute Gasteiger partial charge is 0.487 e. The number of sulfonamides is 1. The predicted octanol–water partition coefficient (Wildman–Crippen LogP) is 3.27. The van der Waals surface area contributed by atoms with Crippen molar-refractivity contribution < 1.29 is 13.2 Å². The summed E-state index contributed by atoms with van der Waals surface area (Å²) in [6.07, 6.45) is 3.06. The summed E-state index contributed by atoms with van der Waals surface area (Å²) < 4.78 is 28.1. The number of halogens is 3. The standard InChI is InChI=1S/C12H9Cl3N2O3S/c13-8-4-12(21(16,18)19)9(14)3-11(8)20-6-7-1-2-17-5-10(7)15/h1-5H,6H2,(H2,16,18,19). The molecule has 1 aromatic heterocycles. The van der Waals surface area contributed by atoms with E-state index in [1.807, 2.05) is 0 Å². The lowest BCUT2D eigenvalue weighted by molar-refractivity contribution is 0.306. The van der Waals surface area contributed by atoms with Crippen LogP contribution in [-0.4, -0.2) is 13.4 Å². The van der Waals surface area contributed by atoms with Gasteiger partial charge in [0.05, 0.1) is 15.1 Å². The van der Waals surface area contributed by atoms with Crippen molar-refractivity contribution in [1.29, 1.82) is 0 Å². The maximum absolute atomic E-state index is 11.3. The van der Waals surface area contributed by atoms with Crippen molar-refractivity contribution in [2.45, 2.75) is 11.5 Å². The molecule has 1 heterocycles. The van der Waals surface area contributed by atoms with Gasteiger partial charge in [0, 0.05) is 24.0 Å². The number of nitrogens with two attached hydrogens (primary N) is 1. The Morgan fingerprint density at radius 3 is 2.48 bits per heavy atom. The zero-order valence-electron chi connectivity index (χ0n) is 10.4. The molecule has 21 heavy (non-hydrogen) atoms. The molecule has 0 aliphatic rings. The Morgan fingerprint density at radius 2 is 1.86 bits per heavy atom. The van der Waals surface area contributed by atoms with Gasteiger partial charge in [0.25, 0.3) is 0 Å². The van der Waals surface area contributed by atoms with Crippen molar-refractivity contribution in [3.05, 3.63) is 51.2 Å². The number of pyridine rings is 1. The van der Waals surface area contributed by atoms with Gasteiger partial charge in [-0.05, 0) is 12.1 Å².